The van der Waals surface area contributed by atoms with Crippen molar-refractivity contribution in [1.82, 2.24) is 9.97 Å². The van der Waals surface area contributed by atoms with E-state index in [4.69, 9.17) is 9.84 Å². The normalized spacial score (nSPS) is 10.3. The lowest BCUT2D eigenvalue weighted by atomic mass is 10.3. The van der Waals surface area contributed by atoms with Gasteiger partial charge in [0.25, 0.3) is 0 Å². The minimum Gasteiger partial charge on any atom is -0.475 e. The van der Waals surface area contributed by atoms with E-state index in [-0.39, 0.29) is 13.2 Å². The summed E-state index contributed by atoms with van der Waals surface area (Å²) in [5.74, 6) is 0.517. The lowest BCUT2D eigenvalue weighted by Crippen LogP contribution is -2.04. The minimum atomic E-state index is -0.00760. The number of nitrogens with one attached hydrogen (secondary N) is 1. The Morgan fingerprint density at radius 3 is 2.89 bits per heavy atom. The number of rotatable bonds is 6. The van der Waals surface area contributed by atoms with Crippen LogP contribution >= 0.6 is 11.3 Å². The SMILES string of the molecule is Cc1ncsc1CNc1ccc(OCCO)nc1. The summed E-state index contributed by atoms with van der Waals surface area (Å²) in [7, 11) is 0. The van der Waals surface area contributed by atoms with Crippen LogP contribution in [0.15, 0.2) is 23.8 Å². The van der Waals surface area contributed by atoms with Gasteiger partial charge in [0.2, 0.25) is 5.88 Å². The van der Waals surface area contributed by atoms with Gasteiger partial charge in [-0.25, -0.2) is 9.97 Å². The number of anilines is 1. The van der Waals surface area contributed by atoms with Crippen molar-refractivity contribution in [3.8, 4) is 5.88 Å². The van der Waals surface area contributed by atoms with Crippen molar-refractivity contribution >= 4 is 17.0 Å². The van der Waals surface area contributed by atoms with Crippen LogP contribution < -0.4 is 10.1 Å². The Labute approximate surface area is 109 Å². The number of aromatic nitrogens is 2. The van der Waals surface area contributed by atoms with E-state index in [2.05, 4.69) is 15.3 Å². The van der Waals surface area contributed by atoms with Crippen molar-refractivity contribution in [2.75, 3.05) is 18.5 Å². The summed E-state index contributed by atoms with van der Waals surface area (Å²) in [5.41, 5.74) is 3.83. The van der Waals surface area contributed by atoms with Gasteiger partial charge >= 0.3 is 0 Å². The van der Waals surface area contributed by atoms with Crippen molar-refractivity contribution < 1.29 is 9.84 Å². The number of aliphatic hydroxyl groups is 1. The average Bonchev–Trinajstić information content (AvgIpc) is 2.81. The monoisotopic (exact) mass is 265 g/mol. The number of nitrogens with zero attached hydrogens (tertiary/aromatic N) is 2. The number of ether oxygens (including phenoxy) is 1. The minimum absolute atomic E-state index is 0.00760. The third kappa shape index (κ3) is 3.41. The first-order valence-corrected chi connectivity index (χ1v) is 6.50. The zero-order valence-corrected chi connectivity index (χ0v) is 10.9. The fraction of sp³-hybridized carbons (Fsp3) is 0.333. The van der Waals surface area contributed by atoms with E-state index in [9.17, 15) is 0 Å². The molecule has 0 bridgehead atoms. The van der Waals surface area contributed by atoms with Crippen molar-refractivity contribution in [2.24, 2.45) is 0 Å². The molecule has 0 aliphatic carbocycles. The lowest BCUT2D eigenvalue weighted by molar-refractivity contribution is 0.196. The molecule has 2 N–H and O–H groups in total. The third-order valence-electron chi connectivity index (χ3n) is 2.38. The molecule has 0 saturated heterocycles. The predicted molar refractivity (Wildman–Crippen MR) is 71.0 cm³/mol. The standard InChI is InChI=1S/C12H15N3O2S/c1-9-11(18-8-15-9)7-13-10-2-3-12(14-6-10)17-5-4-16/h2-3,6,8,13,16H,4-5,7H2,1H3. The Kier molecular flexibility index (Phi) is 4.49. The van der Waals surface area contributed by atoms with E-state index in [1.807, 2.05) is 18.5 Å². The van der Waals surface area contributed by atoms with Crippen LogP contribution in [0.4, 0.5) is 5.69 Å². The van der Waals surface area contributed by atoms with Gasteiger partial charge in [0.1, 0.15) is 6.61 Å². The number of hydrogen-bond acceptors (Lipinski definition) is 6. The molecule has 0 aromatic carbocycles. The van der Waals surface area contributed by atoms with E-state index >= 15 is 0 Å². The van der Waals surface area contributed by atoms with Gasteiger partial charge in [0.15, 0.2) is 0 Å². The van der Waals surface area contributed by atoms with Crippen molar-refractivity contribution in [1.29, 1.82) is 0 Å². The van der Waals surface area contributed by atoms with Gasteiger partial charge in [0.05, 0.1) is 36.2 Å². The van der Waals surface area contributed by atoms with Crippen LogP contribution in [0.3, 0.4) is 0 Å². The summed E-state index contributed by atoms with van der Waals surface area (Å²) in [6, 6.07) is 3.67. The van der Waals surface area contributed by atoms with Crippen LogP contribution in [0, 0.1) is 6.92 Å². The number of hydrogen-bond donors (Lipinski definition) is 2. The van der Waals surface area contributed by atoms with E-state index in [0.29, 0.717) is 5.88 Å². The Hall–Kier alpha value is -1.66. The molecule has 0 aliphatic heterocycles. The van der Waals surface area contributed by atoms with E-state index in [1.54, 1.807) is 23.6 Å². The molecule has 0 unspecified atom stereocenters. The summed E-state index contributed by atoms with van der Waals surface area (Å²) in [6.07, 6.45) is 1.71. The number of aliphatic hydroxyl groups excluding tert-OH is 1. The molecule has 96 valence electrons. The molecule has 0 radical (unpaired) electrons. The van der Waals surface area contributed by atoms with Gasteiger partial charge in [-0.15, -0.1) is 11.3 Å². The van der Waals surface area contributed by atoms with Crippen LogP contribution in [-0.2, 0) is 6.54 Å². The lowest BCUT2D eigenvalue weighted by Gasteiger charge is -2.06. The molecular formula is C12H15N3O2S. The maximum Gasteiger partial charge on any atom is 0.213 e. The highest BCUT2D eigenvalue weighted by atomic mass is 32.1. The van der Waals surface area contributed by atoms with E-state index in [0.717, 1.165) is 17.9 Å². The van der Waals surface area contributed by atoms with E-state index in [1.165, 1.54) is 4.88 Å². The van der Waals surface area contributed by atoms with Gasteiger partial charge in [-0.05, 0) is 13.0 Å². The third-order valence-corrected chi connectivity index (χ3v) is 3.31. The summed E-state index contributed by atoms with van der Waals surface area (Å²) in [5, 5.41) is 11.9. The second kappa shape index (κ2) is 6.32. The quantitative estimate of drug-likeness (QED) is 0.834. The zero-order valence-electron chi connectivity index (χ0n) is 10.1. The second-order valence-electron chi connectivity index (χ2n) is 3.67. The molecule has 0 spiro atoms. The van der Waals surface area contributed by atoms with E-state index < -0.39 is 0 Å². The number of thiazole rings is 1. The van der Waals surface area contributed by atoms with Crippen LogP contribution in [0.1, 0.15) is 10.6 Å². The van der Waals surface area contributed by atoms with Crippen molar-refractivity contribution in [3.63, 3.8) is 0 Å². The molecule has 0 fully saturated rings. The molecule has 0 amide bonds. The molecule has 18 heavy (non-hydrogen) atoms. The van der Waals surface area contributed by atoms with Gasteiger partial charge in [-0.1, -0.05) is 0 Å². The molecule has 2 rings (SSSR count). The van der Waals surface area contributed by atoms with Gasteiger partial charge in [-0.3, -0.25) is 0 Å². The summed E-state index contributed by atoms with van der Waals surface area (Å²) >= 11 is 1.64. The first kappa shape index (κ1) is 12.8. The highest BCUT2D eigenvalue weighted by Crippen LogP contribution is 2.16. The molecular weight excluding hydrogens is 250 g/mol. The summed E-state index contributed by atoms with van der Waals surface area (Å²) in [6.45, 7) is 3.00. The molecule has 0 saturated carbocycles. The van der Waals surface area contributed by atoms with Crippen LogP contribution in [0.2, 0.25) is 0 Å². The van der Waals surface area contributed by atoms with Gasteiger partial charge < -0.3 is 15.2 Å². The number of aryl methyl sites for hydroxylation is 1. The molecule has 5 nitrogen and oxygen atoms in total. The molecule has 2 heterocycles. The van der Waals surface area contributed by atoms with Gasteiger partial charge in [0, 0.05) is 10.9 Å². The Morgan fingerprint density at radius 1 is 1.39 bits per heavy atom. The fourth-order valence-corrected chi connectivity index (χ4v) is 2.12. The molecule has 2 aromatic heterocycles. The molecule has 2 aromatic rings. The Morgan fingerprint density at radius 2 is 2.28 bits per heavy atom. The highest BCUT2D eigenvalue weighted by Gasteiger charge is 2.01. The van der Waals surface area contributed by atoms with Crippen LogP contribution in [0.25, 0.3) is 0 Å². The van der Waals surface area contributed by atoms with Crippen molar-refractivity contribution in [3.05, 3.63) is 34.4 Å². The van der Waals surface area contributed by atoms with Crippen LogP contribution in [0.5, 0.6) is 5.88 Å². The fourth-order valence-electron chi connectivity index (χ4n) is 1.40. The van der Waals surface area contributed by atoms with Crippen LogP contribution in [-0.4, -0.2) is 28.3 Å². The first-order valence-electron chi connectivity index (χ1n) is 5.62. The average molecular weight is 265 g/mol. The molecule has 0 aliphatic rings. The number of pyridine rings is 1. The Balaban J connectivity index is 1.88. The topological polar surface area (TPSA) is 67.3 Å². The molecule has 6 heteroatoms. The summed E-state index contributed by atoms with van der Waals surface area (Å²) < 4.78 is 5.18. The van der Waals surface area contributed by atoms with Gasteiger partial charge in [-0.2, -0.15) is 0 Å². The zero-order chi connectivity index (χ0) is 12.8. The van der Waals surface area contributed by atoms with Crippen molar-refractivity contribution in [2.45, 2.75) is 13.5 Å². The largest absolute Gasteiger partial charge is 0.475 e. The maximum absolute atomic E-state index is 8.63. The first-order chi connectivity index (χ1) is 8.79. The maximum atomic E-state index is 8.63. The predicted octanol–water partition coefficient (Wildman–Crippen LogP) is 1.83. The highest BCUT2D eigenvalue weighted by molar-refractivity contribution is 7.09. The molecule has 0 atom stereocenters. The second-order valence-corrected chi connectivity index (χ2v) is 4.61. The summed E-state index contributed by atoms with van der Waals surface area (Å²) in [4.78, 5) is 9.54. The Bertz CT molecular complexity index is 484. The smallest absolute Gasteiger partial charge is 0.213 e.